The lowest BCUT2D eigenvalue weighted by molar-refractivity contribution is 0.368. The Kier molecular flexibility index (Phi) is 5.14. The van der Waals surface area contributed by atoms with Crippen molar-refractivity contribution in [2.45, 2.75) is 49.0 Å². The van der Waals surface area contributed by atoms with Crippen LogP contribution in [0.4, 0.5) is 13.2 Å². The first-order valence-corrected chi connectivity index (χ1v) is 8.65. The van der Waals surface area contributed by atoms with Crippen LogP contribution >= 0.6 is 0 Å². The SMILES string of the molecule is NC1(CNS(=O)(=O)c2c(F)cc(F)cc2F)CCCCCC1. The van der Waals surface area contributed by atoms with Crippen molar-refractivity contribution in [3.63, 3.8) is 0 Å². The summed E-state index contributed by atoms with van der Waals surface area (Å²) in [4.78, 5) is -1.17. The summed E-state index contributed by atoms with van der Waals surface area (Å²) in [7, 11) is -4.43. The molecule has 0 spiro atoms. The van der Waals surface area contributed by atoms with Crippen LogP contribution in [0.15, 0.2) is 17.0 Å². The molecule has 124 valence electrons. The average molecular weight is 336 g/mol. The molecule has 3 N–H and O–H groups in total. The molecule has 0 amide bonds. The van der Waals surface area contributed by atoms with Crippen LogP contribution in [0.25, 0.3) is 0 Å². The largest absolute Gasteiger partial charge is 0.324 e. The van der Waals surface area contributed by atoms with Gasteiger partial charge in [-0.1, -0.05) is 25.7 Å². The second-order valence-electron chi connectivity index (χ2n) is 5.80. The van der Waals surface area contributed by atoms with Gasteiger partial charge in [0.05, 0.1) is 0 Å². The molecule has 1 aliphatic rings. The summed E-state index contributed by atoms with van der Waals surface area (Å²) in [5.74, 6) is -4.10. The monoisotopic (exact) mass is 336 g/mol. The van der Waals surface area contributed by atoms with Gasteiger partial charge in [-0.3, -0.25) is 0 Å². The van der Waals surface area contributed by atoms with E-state index >= 15 is 0 Å². The van der Waals surface area contributed by atoms with E-state index < -0.39 is 37.9 Å². The first kappa shape index (κ1) is 17.2. The van der Waals surface area contributed by atoms with Crippen LogP contribution in [0, 0.1) is 17.5 Å². The Labute approximate surface area is 127 Å². The van der Waals surface area contributed by atoms with E-state index in [-0.39, 0.29) is 6.54 Å². The molecule has 2 rings (SSSR count). The minimum atomic E-state index is -4.43. The Bertz CT molecular complexity index is 618. The number of benzene rings is 1. The fraction of sp³-hybridized carbons (Fsp3) is 0.571. The van der Waals surface area contributed by atoms with Crippen LogP contribution < -0.4 is 10.5 Å². The van der Waals surface area contributed by atoms with E-state index in [1.54, 1.807) is 0 Å². The first-order chi connectivity index (χ1) is 10.2. The van der Waals surface area contributed by atoms with Gasteiger partial charge in [0.2, 0.25) is 10.0 Å². The third kappa shape index (κ3) is 3.99. The highest BCUT2D eigenvalue weighted by Crippen LogP contribution is 2.25. The van der Waals surface area contributed by atoms with Gasteiger partial charge < -0.3 is 5.73 Å². The fourth-order valence-corrected chi connectivity index (χ4v) is 3.96. The van der Waals surface area contributed by atoms with Gasteiger partial charge in [0.25, 0.3) is 0 Å². The van der Waals surface area contributed by atoms with Gasteiger partial charge >= 0.3 is 0 Å². The molecule has 0 radical (unpaired) electrons. The number of hydrogen-bond acceptors (Lipinski definition) is 3. The van der Waals surface area contributed by atoms with Gasteiger partial charge in [-0.15, -0.1) is 0 Å². The minimum Gasteiger partial charge on any atom is -0.324 e. The summed E-state index contributed by atoms with van der Waals surface area (Å²) in [5, 5.41) is 0. The Morgan fingerprint density at radius 3 is 2.05 bits per heavy atom. The number of nitrogens with two attached hydrogens (primary N) is 1. The standard InChI is InChI=1S/C14H19F3N2O2S/c15-10-7-11(16)13(12(17)8-10)22(20,21)19-9-14(18)5-3-1-2-4-6-14/h7-8,19H,1-6,9,18H2. The van der Waals surface area contributed by atoms with Gasteiger partial charge in [0.1, 0.15) is 17.5 Å². The summed E-state index contributed by atoms with van der Waals surface area (Å²) in [6.45, 7) is -0.106. The summed E-state index contributed by atoms with van der Waals surface area (Å²) < 4.78 is 66.4. The summed E-state index contributed by atoms with van der Waals surface area (Å²) in [5.41, 5.74) is 5.44. The van der Waals surface area contributed by atoms with E-state index in [1.165, 1.54) is 0 Å². The molecule has 1 aromatic rings. The lowest BCUT2D eigenvalue weighted by Gasteiger charge is -2.28. The van der Waals surface area contributed by atoms with Crippen molar-refractivity contribution in [3.05, 3.63) is 29.6 Å². The van der Waals surface area contributed by atoms with Crippen molar-refractivity contribution in [2.24, 2.45) is 5.73 Å². The molecule has 0 aliphatic heterocycles. The zero-order chi connectivity index (χ0) is 16.4. The van der Waals surface area contributed by atoms with E-state index in [0.717, 1.165) is 25.7 Å². The van der Waals surface area contributed by atoms with Gasteiger partial charge in [0, 0.05) is 24.2 Å². The van der Waals surface area contributed by atoms with Crippen molar-refractivity contribution < 1.29 is 21.6 Å². The molecule has 1 saturated carbocycles. The van der Waals surface area contributed by atoms with Crippen LogP contribution in [-0.4, -0.2) is 20.5 Å². The predicted molar refractivity (Wildman–Crippen MR) is 76.1 cm³/mol. The highest BCUT2D eigenvalue weighted by Gasteiger charge is 2.31. The topological polar surface area (TPSA) is 72.2 Å². The number of hydrogen-bond donors (Lipinski definition) is 2. The Morgan fingerprint density at radius 2 is 1.55 bits per heavy atom. The molecule has 4 nitrogen and oxygen atoms in total. The van der Waals surface area contributed by atoms with Gasteiger partial charge in [-0.2, -0.15) is 0 Å². The molecule has 0 heterocycles. The van der Waals surface area contributed by atoms with E-state index in [0.29, 0.717) is 25.0 Å². The van der Waals surface area contributed by atoms with Crippen LogP contribution in [0.5, 0.6) is 0 Å². The van der Waals surface area contributed by atoms with Crippen molar-refractivity contribution in [1.29, 1.82) is 0 Å². The van der Waals surface area contributed by atoms with Crippen LogP contribution in [0.2, 0.25) is 0 Å². The molecule has 0 unspecified atom stereocenters. The first-order valence-electron chi connectivity index (χ1n) is 7.17. The lowest BCUT2D eigenvalue weighted by Crippen LogP contribution is -2.49. The van der Waals surface area contributed by atoms with Crippen molar-refractivity contribution >= 4 is 10.0 Å². The summed E-state index contributed by atoms with van der Waals surface area (Å²) in [6.07, 6.45) is 5.13. The molecule has 0 bridgehead atoms. The number of nitrogens with one attached hydrogen (secondary N) is 1. The zero-order valence-corrected chi connectivity index (χ0v) is 12.9. The van der Waals surface area contributed by atoms with Crippen molar-refractivity contribution in [1.82, 2.24) is 4.72 Å². The Hall–Kier alpha value is -1.12. The number of halogens is 3. The maximum atomic E-state index is 13.6. The molecular weight excluding hydrogens is 317 g/mol. The Morgan fingerprint density at radius 1 is 1.05 bits per heavy atom. The molecule has 0 saturated heterocycles. The molecule has 0 aromatic heterocycles. The van der Waals surface area contributed by atoms with Gasteiger partial charge in [0.15, 0.2) is 4.90 Å². The highest BCUT2D eigenvalue weighted by atomic mass is 32.2. The number of rotatable bonds is 4. The Balaban J connectivity index is 2.18. The third-order valence-corrected chi connectivity index (χ3v) is 5.40. The van der Waals surface area contributed by atoms with E-state index in [9.17, 15) is 21.6 Å². The smallest absolute Gasteiger partial charge is 0.246 e. The van der Waals surface area contributed by atoms with Crippen LogP contribution in [-0.2, 0) is 10.0 Å². The highest BCUT2D eigenvalue weighted by molar-refractivity contribution is 7.89. The second kappa shape index (κ2) is 6.55. The molecule has 8 heteroatoms. The molecule has 1 aliphatic carbocycles. The second-order valence-corrected chi connectivity index (χ2v) is 7.50. The summed E-state index contributed by atoms with van der Waals surface area (Å²) >= 11 is 0. The maximum absolute atomic E-state index is 13.6. The van der Waals surface area contributed by atoms with E-state index in [4.69, 9.17) is 5.73 Å². The molecule has 1 aromatic carbocycles. The molecule has 1 fully saturated rings. The minimum absolute atomic E-state index is 0.106. The maximum Gasteiger partial charge on any atom is 0.246 e. The third-order valence-electron chi connectivity index (χ3n) is 3.95. The van der Waals surface area contributed by atoms with E-state index in [2.05, 4.69) is 4.72 Å². The quantitative estimate of drug-likeness (QED) is 0.830. The molecular formula is C14H19F3N2O2S. The summed E-state index contributed by atoms with van der Waals surface area (Å²) in [6, 6.07) is 0.670. The van der Waals surface area contributed by atoms with E-state index in [1.807, 2.05) is 0 Å². The van der Waals surface area contributed by atoms with Crippen molar-refractivity contribution in [2.75, 3.05) is 6.54 Å². The molecule has 22 heavy (non-hydrogen) atoms. The normalized spacial score (nSPS) is 18.9. The number of sulfonamides is 1. The van der Waals surface area contributed by atoms with Gasteiger partial charge in [-0.05, 0) is 12.8 Å². The predicted octanol–water partition coefficient (Wildman–Crippen LogP) is 2.43. The average Bonchev–Trinajstić information content (AvgIpc) is 2.61. The zero-order valence-electron chi connectivity index (χ0n) is 12.0. The molecule has 0 atom stereocenters. The van der Waals surface area contributed by atoms with Crippen LogP contribution in [0.3, 0.4) is 0 Å². The van der Waals surface area contributed by atoms with Gasteiger partial charge in [-0.25, -0.2) is 26.3 Å². The van der Waals surface area contributed by atoms with Crippen molar-refractivity contribution in [3.8, 4) is 0 Å². The van der Waals surface area contributed by atoms with Crippen LogP contribution in [0.1, 0.15) is 38.5 Å². The lowest BCUT2D eigenvalue weighted by atomic mass is 9.92. The fourth-order valence-electron chi connectivity index (χ4n) is 2.71.